The molecule has 1 aromatic rings. The van der Waals surface area contributed by atoms with Gasteiger partial charge in [-0.05, 0) is 49.5 Å². The first-order valence-electron chi connectivity index (χ1n) is 10.6. The first-order valence-corrected chi connectivity index (χ1v) is 10.6. The maximum atomic E-state index is 12.2. The third-order valence-corrected chi connectivity index (χ3v) is 5.31. The number of aromatic hydroxyl groups is 1. The van der Waals surface area contributed by atoms with E-state index in [9.17, 15) is 25.2 Å². The van der Waals surface area contributed by atoms with Crippen LogP contribution in [0.3, 0.4) is 0 Å². The summed E-state index contributed by atoms with van der Waals surface area (Å²) in [6.45, 7) is 3.66. The zero-order chi connectivity index (χ0) is 22.8. The molecule has 0 fully saturated rings. The van der Waals surface area contributed by atoms with Gasteiger partial charge in [0.2, 0.25) is 5.91 Å². The minimum Gasteiger partial charge on any atom is -0.508 e. The first kappa shape index (κ1) is 24.6. The Bertz CT molecular complexity index is 855. The van der Waals surface area contributed by atoms with Gasteiger partial charge >= 0.3 is 0 Å². The molecule has 4 atom stereocenters. The number of allylic oxidation sites excluding steroid dienone is 5. The molecular weight excluding hydrogens is 394 g/mol. The number of phenols is 1. The number of aryl methyl sites for hydroxylation is 1. The van der Waals surface area contributed by atoms with Crippen molar-refractivity contribution in [3.63, 3.8) is 0 Å². The normalized spacial score (nSPS) is 26.6. The van der Waals surface area contributed by atoms with Crippen LogP contribution in [0.1, 0.15) is 38.7 Å². The molecule has 5 N–H and O–H groups in total. The minimum absolute atomic E-state index is 0.0433. The van der Waals surface area contributed by atoms with Gasteiger partial charge in [0, 0.05) is 17.7 Å². The monoisotopic (exact) mass is 427 g/mol. The number of hydrogen-bond donors (Lipinski definition) is 5. The molecule has 1 aliphatic rings. The Morgan fingerprint density at radius 3 is 2.55 bits per heavy atom. The van der Waals surface area contributed by atoms with E-state index in [2.05, 4.69) is 5.32 Å². The molecule has 0 saturated heterocycles. The quantitative estimate of drug-likeness (QED) is 0.408. The third-order valence-electron chi connectivity index (χ3n) is 5.31. The standard InChI is InChI=1S/C25H33NO5/c1-17-9-8-10-19-13-20(15-22(28)14-19)26-24(30)16-21(27)11-6-4-3-5-7-12-23(29)18(2)25(17)31/h3-7,9,11,13-15,18,21,23,25,27-29,31H,8,10,12,16H2,1-2H3,(H,26,30). The van der Waals surface area contributed by atoms with Gasteiger partial charge in [-0.3, -0.25) is 4.79 Å². The van der Waals surface area contributed by atoms with Crippen LogP contribution in [0.15, 0.2) is 66.3 Å². The fourth-order valence-electron chi connectivity index (χ4n) is 3.40. The maximum absolute atomic E-state index is 12.2. The van der Waals surface area contributed by atoms with E-state index in [0.717, 1.165) is 11.1 Å². The van der Waals surface area contributed by atoms with Gasteiger partial charge in [0.05, 0.1) is 24.7 Å². The second kappa shape index (κ2) is 12.2. The Hall–Kier alpha value is -2.67. The molecule has 1 aromatic carbocycles. The zero-order valence-corrected chi connectivity index (χ0v) is 18.1. The topological polar surface area (TPSA) is 110 Å². The SMILES string of the molecule is CC1=CCCc2cc(O)cc(c2)NC(=O)CC(O)C=CC=CC=CCC(O)C(C)C1O. The second-order valence-corrected chi connectivity index (χ2v) is 8.00. The van der Waals surface area contributed by atoms with Crippen LogP contribution in [0.4, 0.5) is 5.69 Å². The Kier molecular flexibility index (Phi) is 9.72. The number of aliphatic hydroxyl groups excluding tert-OH is 3. The van der Waals surface area contributed by atoms with Gasteiger partial charge in [0.1, 0.15) is 5.75 Å². The van der Waals surface area contributed by atoms with Gasteiger partial charge in [0.25, 0.3) is 0 Å². The molecule has 31 heavy (non-hydrogen) atoms. The maximum Gasteiger partial charge on any atom is 0.227 e. The molecule has 168 valence electrons. The number of rotatable bonds is 0. The molecule has 6 nitrogen and oxygen atoms in total. The van der Waals surface area contributed by atoms with Gasteiger partial charge < -0.3 is 25.7 Å². The fourth-order valence-corrected chi connectivity index (χ4v) is 3.40. The molecule has 1 heterocycles. The number of nitrogens with one attached hydrogen (secondary N) is 1. The number of phenolic OH excluding ortho intramolecular Hbond substituents is 1. The van der Waals surface area contributed by atoms with Crippen LogP contribution in [-0.4, -0.2) is 44.6 Å². The summed E-state index contributed by atoms with van der Waals surface area (Å²) in [6.07, 6.45) is 11.4. The lowest BCUT2D eigenvalue weighted by Crippen LogP contribution is -2.30. The molecule has 6 heteroatoms. The van der Waals surface area contributed by atoms with Gasteiger partial charge in [-0.25, -0.2) is 0 Å². The highest BCUT2D eigenvalue weighted by Crippen LogP contribution is 2.23. The molecule has 2 rings (SSSR count). The summed E-state index contributed by atoms with van der Waals surface area (Å²) in [5, 5.41) is 43.6. The second-order valence-electron chi connectivity index (χ2n) is 8.00. The lowest BCUT2D eigenvalue weighted by molar-refractivity contribution is -0.117. The molecule has 1 amide bonds. The Labute approximate surface area is 183 Å². The zero-order valence-electron chi connectivity index (χ0n) is 18.1. The van der Waals surface area contributed by atoms with Crippen molar-refractivity contribution in [1.29, 1.82) is 0 Å². The number of benzene rings is 1. The van der Waals surface area contributed by atoms with Crippen molar-refractivity contribution in [2.75, 3.05) is 5.32 Å². The summed E-state index contributed by atoms with van der Waals surface area (Å²) < 4.78 is 0. The fraction of sp³-hybridized carbons (Fsp3) is 0.400. The average Bonchev–Trinajstić information content (AvgIpc) is 2.70. The summed E-state index contributed by atoms with van der Waals surface area (Å²) in [5.41, 5.74) is 2.09. The first-order chi connectivity index (χ1) is 14.8. The van der Waals surface area contributed by atoms with Crippen LogP contribution in [0.2, 0.25) is 0 Å². The summed E-state index contributed by atoms with van der Waals surface area (Å²) >= 11 is 0. The minimum atomic E-state index is -0.934. The van der Waals surface area contributed by atoms with Crippen LogP contribution in [0.5, 0.6) is 5.75 Å². The van der Waals surface area contributed by atoms with Crippen LogP contribution in [0.25, 0.3) is 0 Å². The van der Waals surface area contributed by atoms with Gasteiger partial charge in [-0.2, -0.15) is 0 Å². The molecule has 0 aliphatic carbocycles. The van der Waals surface area contributed by atoms with Crippen molar-refractivity contribution in [2.24, 2.45) is 5.92 Å². The molecule has 0 radical (unpaired) electrons. The average molecular weight is 428 g/mol. The summed E-state index contributed by atoms with van der Waals surface area (Å²) in [6, 6.07) is 4.87. The third kappa shape index (κ3) is 8.53. The Morgan fingerprint density at radius 2 is 1.77 bits per heavy atom. The van der Waals surface area contributed by atoms with Crippen LogP contribution >= 0.6 is 0 Å². The van der Waals surface area contributed by atoms with E-state index in [0.29, 0.717) is 24.9 Å². The smallest absolute Gasteiger partial charge is 0.227 e. The summed E-state index contributed by atoms with van der Waals surface area (Å²) in [4.78, 5) is 12.2. The number of carbonyl (C=O) groups is 1. The van der Waals surface area contributed by atoms with Gasteiger partial charge in [0.15, 0.2) is 0 Å². The van der Waals surface area contributed by atoms with Crippen LogP contribution in [-0.2, 0) is 11.2 Å². The number of aliphatic hydroxyl groups is 3. The van der Waals surface area contributed by atoms with E-state index in [4.69, 9.17) is 0 Å². The molecular formula is C25H33NO5. The number of fused-ring (bicyclic) bond motifs is 2. The molecule has 0 saturated carbocycles. The molecule has 4 unspecified atom stereocenters. The summed E-state index contributed by atoms with van der Waals surface area (Å²) in [7, 11) is 0. The molecule has 0 aromatic heterocycles. The summed E-state index contributed by atoms with van der Waals surface area (Å²) in [5.74, 6) is -0.635. The molecule has 1 aliphatic heterocycles. The lowest BCUT2D eigenvalue weighted by Gasteiger charge is -2.24. The van der Waals surface area contributed by atoms with Crippen molar-refractivity contribution in [2.45, 2.75) is 57.8 Å². The van der Waals surface area contributed by atoms with Crippen LogP contribution in [0, 0.1) is 5.92 Å². The highest BCUT2D eigenvalue weighted by atomic mass is 16.3. The number of carbonyl (C=O) groups excluding carboxylic acids is 1. The van der Waals surface area contributed by atoms with Crippen molar-refractivity contribution >= 4 is 11.6 Å². The van der Waals surface area contributed by atoms with E-state index < -0.39 is 18.3 Å². The number of hydrogen-bond acceptors (Lipinski definition) is 5. The van der Waals surface area contributed by atoms with E-state index in [1.807, 2.05) is 26.0 Å². The van der Waals surface area contributed by atoms with Gasteiger partial charge in [-0.15, -0.1) is 0 Å². The van der Waals surface area contributed by atoms with E-state index in [-0.39, 0.29) is 24.0 Å². The predicted molar refractivity (Wildman–Crippen MR) is 123 cm³/mol. The highest BCUT2D eigenvalue weighted by molar-refractivity contribution is 5.91. The Balaban J connectivity index is 2.23. The van der Waals surface area contributed by atoms with Crippen LogP contribution < -0.4 is 5.32 Å². The molecule has 0 spiro atoms. The van der Waals surface area contributed by atoms with E-state index in [1.165, 1.54) is 12.1 Å². The van der Waals surface area contributed by atoms with Crippen molar-refractivity contribution in [1.82, 2.24) is 0 Å². The lowest BCUT2D eigenvalue weighted by atomic mass is 9.90. The number of anilines is 1. The highest BCUT2D eigenvalue weighted by Gasteiger charge is 2.22. The predicted octanol–water partition coefficient (Wildman–Crippen LogP) is 3.39. The van der Waals surface area contributed by atoms with E-state index in [1.54, 1.807) is 36.4 Å². The van der Waals surface area contributed by atoms with E-state index >= 15 is 0 Å². The molecule has 2 bridgehead atoms. The Morgan fingerprint density at radius 1 is 1.03 bits per heavy atom. The van der Waals surface area contributed by atoms with Crippen molar-refractivity contribution < 1.29 is 25.2 Å². The number of amides is 1. The largest absolute Gasteiger partial charge is 0.508 e. The van der Waals surface area contributed by atoms with Gasteiger partial charge in [-0.1, -0.05) is 49.5 Å². The van der Waals surface area contributed by atoms with Crippen molar-refractivity contribution in [3.8, 4) is 5.75 Å². The van der Waals surface area contributed by atoms with Crippen molar-refractivity contribution in [3.05, 3.63) is 71.9 Å².